The molecule has 0 bridgehead atoms. The van der Waals surface area contributed by atoms with Gasteiger partial charge in [-0.3, -0.25) is 4.79 Å². The van der Waals surface area contributed by atoms with Crippen LogP contribution >= 0.6 is 23.2 Å². The van der Waals surface area contributed by atoms with Crippen LogP contribution in [0.3, 0.4) is 0 Å². The summed E-state index contributed by atoms with van der Waals surface area (Å²) >= 11 is 11.8. The maximum Gasteiger partial charge on any atom is 0.228 e. The van der Waals surface area contributed by atoms with E-state index in [1.165, 1.54) is 12.1 Å². The number of hydrogen-bond acceptors (Lipinski definition) is 1. The van der Waals surface area contributed by atoms with Crippen LogP contribution in [0.4, 0.5) is 10.1 Å². The summed E-state index contributed by atoms with van der Waals surface area (Å²) in [7, 11) is 0. The van der Waals surface area contributed by atoms with Gasteiger partial charge in [-0.05, 0) is 42.0 Å². The van der Waals surface area contributed by atoms with E-state index in [-0.39, 0.29) is 18.1 Å². The third-order valence-electron chi connectivity index (χ3n) is 3.23. The summed E-state index contributed by atoms with van der Waals surface area (Å²) in [5.41, 5.74) is 1.99. The van der Waals surface area contributed by atoms with Crippen LogP contribution < -0.4 is 5.32 Å². The molecule has 2 N–H and O–H groups in total. The van der Waals surface area contributed by atoms with Gasteiger partial charge in [-0.2, -0.15) is 0 Å². The SMILES string of the molecule is O=C(Cc1c[nH]c2cc(F)ccc12)Nc1cc(Cl)cc(Cl)c1. The Morgan fingerprint density at radius 3 is 2.59 bits per heavy atom. The van der Waals surface area contributed by atoms with Gasteiger partial charge in [0.2, 0.25) is 5.91 Å². The Hall–Kier alpha value is -2.04. The summed E-state index contributed by atoms with van der Waals surface area (Å²) in [5.74, 6) is -0.525. The number of rotatable bonds is 3. The first kappa shape index (κ1) is 14.9. The number of carbonyl (C=O) groups is 1. The Labute approximate surface area is 136 Å². The number of anilines is 1. The van der Waals surface area contributed by atoms with Crippen molar-refractivity contribution in [1.29, 1.82) is 0 Å². The van der Waals surface area contributed by atoms with Gasteiger partial charge >= 0.3 is 0 Å². The third-order valence-corrected chi connectivity index (χ3v) is 3.66. The fraction of sp³-hybridized carbons (Fsp3) is 0.0625. The van der Waals surface area contributed by atoms with E-state index in [1.807, 2.05) is 0 Å². The number of H-pyrrole nitrogens is 1. The van der Waals surface area contributed by atoms with Crippen molar-refractivity contribution in [3.63, 3.8) is 0 Å². The van der Waals surface area contributed by atoms with E-state index >= 15 is 0 Å². The van der Waals surface area contributed by atoms with E-state index in [1.54, 1.807) is 30.5 Å². The Kier molecular flexibility index (Phi) is 4.05. The molecule has 1 heterocycles. The molecule has 3 aromatic rings. The highest BCUT2D eigenvalue weighted by Crippen LogP contribution is 2.23. The van der Waals surface area contributed by atoms with Gasteiger partial charge < -0.3 is 10.3 Å². The van der Waals surface area contributed by atoms with Gasteiger partial charge in [0.1, 0.15) is 5.82 Å². The lowest BCUT2D eigenvalue weighted by Gasteiger charge is -2.06. The first-order chi connectivity index (χ1) is 10.5. The normalized spacial score (nSPS) is 10.9. The summed E-state index contributed by atoms with van der Waals surface area (Å²) in [5, 5.41) is 4.46. The second-order valence-electron chi connectivity index (χ2n) is 4.89. The minimum atomic E-state index is -0.320. The Morgan fingerprint density at radius 1 is 1.14 bits per heavy atom. The van der Waals surface area contributed by atoms with E-state index in [0.717, 1.165) is 10.9 Å². The molecule has 1 aromatic heterocycles. The van der Waals surface area contributed by atoms with Crippen molar-refractivity contribution in [3.05, 3.63) is 64.0 Å². The van der Waals surface area contributed by atoms with Crippen LogP contribution in [0.5, 0.6) is 0 Å². The molecule has 0 atom stereocenters. The Morgan fingerprint density at radius 2 is 1.86 bits per heavy atom. The number of carbonyl (C=O) groups excluding carboxylic acids is 1. The lowest BCUT2D eigenvalue weighted by Crippen LogP contribution is -2.14. The van der Waals surface area contributed by atoms with E-state index in [9.17, 15) is 9.18 Å². The van der Waals surface area contributed by atoms with Gasteiger partial charge in [0.25, 0.3) is 0 Å². The smallest absolute Gasteiger partial charge is 0.228 e. The number of aromatic nitrogens is 1. The van der Waals surface area contributed by atoms with Crippen molar-refractivity contribution < 1.29 is 9.18 Å². The lowest BCUT2D eigenvalue weighted by molar-refractivity contribution is -0.115. The van der Waals surface area contributed by atoms with Crippen molar-refractivity contribution in [3.8, 4) is 0 Å². The summed E-state index contributed by atoms with van der Waals surface area (Å²) in [6, 6.07) is 9.25. The number of fused-ring (bicyclic) bond motifs is 1. The lowest BCUT2D eigenvalue weighted by atomic mass is 10.1. The van der Waals surface area contributed by atoms with Crippen molar-refractivity contribution in [2.24, 2.45) is 0 Å². The fourth-order valence-corrected chi connectivity index (χ4v) is 2.83. The Balaban J connectivity index is 1.78. The summed E-state index contributed by atoms with van der Waals surface area (Å²) in [4.78, 5) is 15.1. The third kappa shape index (κ3) is 3.24. The van der Waals surface area contributed by atoms with Gasteiger partial charge in [-0.25, -0.2) is 4.39 Å². The van der Waals surface area contributed by atoms with E-state index in [4.69, 9.17) is 23.2 Å². The zero-order valence-electron chi connectivity index (χ0n) is 11.3. The first-order valence-corrected chi connectivity index (χ1v) is 7.28. The Bertz CT molecular complexity index is 840. The molecule has 112 valence electrons. The number of hydrogen-bond donors (Lipinski definition) is 2. The van der Waals surface area contributed by atoms with Gasteiger partial charge in [0.05, 0.1) is 6.42 Å². The van der Waals surface area contributed by atoms with Crippen LogP contribution in [0.25, 0.3) is 10.9 Å². The largest absolute Gasteiger partial charge is 0.361 e. The molecular weight excluding hydrogens is 326 g/mol. The van der Waals surface area contributed by atoms with Crippen molar-refractivity contribution in [1.82, 2.24) is 4.98 Å². The van der Waals surface area contributed by atoms with Crippen LogP contribution in [0.2, 0.25) is 10.0 Å². The molecular formula is C16H11Cl2FN2O. The predicted octanol–water partition coefficient (Wildman–Crippen LogP) is 4.80. The van der Waals surface area contributed by atoms with Crippen molar-refractivity contribution >= 4 is 45.7 Å². The van der Waals surface area contributed by atoms with Crippen LogP contribution in [-0.2, 0) is 11.2 Å². The topological polar surface area (TPSA) is 44.9 Å². The zero-order valence-corrected chi connectivity index (χ0v) is 12.8. The van der Waals surface area contributed by atoms with E-state index in [2.05, 4.69) is 10.3 Å². The van der Waals surface area contributed by atoms with Crippen LogP contribution in [-0.4, -0.2) is 10.9 Å². The molecule has 0 radical (unpaired) electrons. The molecule has 0 aliphatic heterocycles. The molecule has 0 saturated heterocycles. The number of benzene rings is 2. The van der Waals surface area contributed by atoms with Crippen LogP contribution in [0.15, 0.2) is 42.6 Å². The molecule has 2 aromatic carbocycles. The number of nitrogens with one attached hydrogen (secondary N) is 2. The molecule has 3 nitrogen and oxygen atoms in total. The second-order valence-corrected chi connectivity index (χ2v) is 5.76. The summed E-state index contributed by atoms with van der Waals surface area (Å²) < 4.78 is 13.1. The molecule has 0 spiro atoms. The average molecular weight is 337 g/mol. The van der Waals surface area contributed by atoms with Crippen molar-refractivity contribution in [2.45, 2.75) is 6.42 Å². The highest BCUT2D eigenvalue weighted by atomic mass is 35.5. The fourth-order valence-electron chi connectivity index (χ4n) is 2.31. The van der Waals surface area contributed by atoms with Gasteiger partial charge in [0.15, 0.2) is 0 Å². The maximum absolute atomic E-state index is 13.1. The van der Waals surface area contributed by atoms with E-state index in [0.29, 0.717) is 21.2 Å². The highest BCUT2D eigenvalue weighted by Gasteiger charge is 2.10. The van der Waals surface area contributed by atoms with Crippen LogP contribution in [0.1, 0.15) is 5.56 Å². The number of halogens is 3. The zero-order chi connectivity index (χ0) is 15.7. The van der Waals surface area contributed by atoms with Crippen molar-refractivity contribution in [2.75, 3.05) is 5.32 Å². The van der Waals surface area contributed by atoms with Gasteiger partial charge in [-0.1, -0.05) is 23.2 Å². The average Bonchev–Trinajstić information content (AvgIpc) is 2.79. The second kappa shape index (κ2) is 5.99. The highest BCUT2D eigenvalue weighted by molar-refractivity contribution is 6.35. The molecule has 0 aliphatic rings. The molecule has 6 heteroatoms. The minimum absolute atomic E-state index is 0.162. The molecule has 1 amide bonds. The quantitative estimate of drug-likeness (QED) is 0.709. The molecule has 0 aliphatic carbocycles. The minimum Gasteiger partial charge on any atom is -0.361 e. The monoisotopic (exact) mass is 336 g/mol. The standard InChI is InChI=1S/C16H11Cl2FN2O/c17-10-4-11(18)6-13(5-10)21-16(22)3-9-8-20-15-7-12(19)1-2-14(9)15/h1-2,4-8,20H,3H2,(H,21,22). The molecule has 3 rings (SSSR count). The molecule has 22 heavy (non-hydrogen) atoms. The summed E-state index contributed by atoms with van der Waals surface area (Å²) in [6.07, 6.45) is 1.87. The maximum atomic E-state index is 13.1. The first-order valence-electron chi connectivity index (χ1n) is 6.53. The summed E-state index contributed by atoms with van der Waals surface area (Å²) in [6.45, 7) is 0. The molecule has 0 saturated carbocycles. The van der Waals surface area contributed by atoms with Gasteiger partial charge in [0, 0.05) is 32.8 Å². The van der Waals surface area contributed by atoms with E-state index < -0.39 is 0 Å². The number of amides is 1. The van der Waals surface area contributed by atoms with Gasteiger partial charge in [-0.15, -0.1) is 0 Å². The molecule has 0 fully saturated rings. The van der Waals surface area contributed by atoms with Crippen LogP contribution in [0, 0.1) is 5.82 Å². The predicted molar refractivity (Wildman–Crippen MR) is 87.1 cm³/mol. The number of aromatic amines is 1. The molecule has 0 unspecified atom stereocenters.